The minimum absolute atomic E-state index is 0.654. The van der Waals surface area contributed by atoms with Gasteiger partial charge in [0.15, 0.2) is 0 Å². The molecule has 2 nitrogen and oxygen atoms in total. The fraction of sp³-hybridized carbons (Fsp3) is 0.500. The Morgan fingerprint density at radius 3 is 3.25 bits per heavy atom. The lowest BCUT2D eigenvalue weighted by molar-refractivity contribution is 0.227. The largest absolute Gasteiger partial charge is 0.298 e. The maximum atomic E-state index is 4.36. The van der Waals surface area contributed by atoms with Crippen molar-refractivity contribution in [1.29, 1.82) is 0 Å². The minimum atomic E-state index is 0.654. The van der Waals surface area contributed by atoms with E-state index in [1.54, 1.807) is 0 Å². The van der Waals surface area contributed by atoms with Crippen molar-refractivity contribution in [3.05, 3.63) is 29.6 Å². The zero-order valence-corrected chi connectivity index (χ0v) is 7.62. The van der Waals surface area contributed by atoms with E-state index in [4.69, 9.17) is 0 Å². The van der Waals surface area contributed by atoms with E-state index in [1.807, 2.05) is 12.3 Å². The van der Waals surface area contributed by atoms with Crippen molar-refractivity contribution in [2.75, 3.05) is 7.05 Å². The van der Waals surface area contributed by atoms with Gasteiger partial charge in [-0.2, -0.15) is 0 Å². The van der Waals surface area contributed by atoms with Crippen LogP contribution in [0.15, 0.2) is 18.3 Å². The molecule has 1 aliphatic rings. The second-order valence-electron chi connectivity index (χ2n) is 3.58. The van der Waals surface area contributed by atoms with Crippen molar-refractivity contribution in [3.63, 3.8) is 0 Å². The lowest BCUT2D eigenvalue weighted by Gasteiger charge is -2.30. The second kappa shape index (κ2) is 2.87. The van der Waals surface area contributed by atoms with E-state index in [0.29, 0.717) is 6.04 Å². The van der Waals surface area contributed by atoms with Crippen LogP contribution < -0.4 is 0 Å². The van der Waals surface area contributed by atoms with Gasteiger partial charge in [-0.25, -0.2) is 0 Å². The Hall–Kier alpha value is -0.890. The molecule has 0 bridgehead atoms. The number of likely N-dealkylation sites (N-methyl/N-ethyl adjacent to an activating group) is 1. The molecule has 1 aromatic heterocycles. The van der Waals surface area contributed by atoms with E-state index in [1.165, 1.54) is 11.3 Å². The third-order valence-corrected chi connectivity index (χ3v) is 2.65. The quantitative estimate of drug-likeness (QED) is 0.574. The Bertz CT molecular complexity index is 254. The number of hydrogen-bond acceptors (Lipinski definition) is 2. The molecular weight excluding hydrogens is 148 g/mol. The molecule has 12 heavy (non-hydrogen) atoms. The molecule has 0 N–H and O–H groups in total. The van der Waals surface area contributed by atoms with Crippen LogP contribution in [0.3, 0.4) is 0 Å². The Balaban J connectivity index is 2.34. The predicted molar refractivity (Wildman–Crippen MR) is 48.9 cm³/mol. The first-order chi connectivity index (χ1) is 5.77. The number of aromatic nitrogens is 1. The lowest BCUT2D eigenvalue weighted by Crippen LogP contribution is -2.35. The van der Waals surface area contributed by atoms with Gasteiger partial charge >= 0.3 is 0 Å². The number of rotatable bonds is 0. The van der Waals surface area contributed by atoms with Crippen LogP contribution in [-0.4, -0.2) is 23.0 Å². The van der Waals surface area contributed by atoms with Crippen molar-refractivity contribution in [1.82, 2.24) is 9.88 Å². The first-order valence-electron chi connectivity index (χ1n) is 4.40. The van der Waals surface area contributed by atoms with Crippen molar-refractivity contribution in [3.8, 4) is 0 Å². The fourth-order valence-electron chi connectivity index (χ4n) is 1.67. The SMILES string of the molecule is CC1Cc2cccnc2CN1C. The van der Waals surface area contributed by atoms with Gasteiger partial charge in [0.1, 0.15) is 0 Å². The van der Waals surface area contributed by atoms with E-state index in [9.17, 15) is 0 Å². The van der Waals surface area contributed by atoms with Crippen molar-refractivity contribution in [2.45, 2.75) is 25.9 Å². The maximum Gasteiger partial charge on any atom is 0.0576 e. The van der Waals surface area contributed by atoms with E-state index in [0.717, 1.165) is 13.0 Å². The molecule has 2 heteroatoms. The summed E-state index contributed by atoms with van der Waals surface area (Å²) in [5.74, 6) is 0. The summed E-state index contributed by atoms with van der Waals surface area (Å²) in [6, 6.07) is 4.87. The molecule has 2 rings (SSSR count). The summed E-state index contributed by atoms with van der Waals surface area (Å²) in [4.78, 5) is 6.71. The summed E-state index contributed by atoms with van der Waals surface area (Å²) >= 11 is 0. The highest BCUT2D eigenvalue weighted by Gasteiger charge is 2.19. The molecule has 0 fully saturated rings. The molecule has 1 atom stereocenters. The first kappa shape index (κ1) is 7.74. The van der Waals surface area contributed by atoms with Crippen LogP contribution in [0.4, 0.5) is 0 Å². The van der Waals surface area contributed by atoms with E-state index in [2.05, 4.69) is 29.9 Å². The molecule has 0 amide bonds. The zero-order chi connectivity index (χ0) is 8.55. The van der Waals surface area contributed by atoms with Gasteiger partial charge < -0.3 is 0 Å². The molecule has 2 heterocycles. The Labute approximate surface area is 73.2 Å². The summed E-state index contributed by atoms with van der Waals surface area (Å²) in [6.07, 6.45) is 3.02. The van der Waals surface area contributed by atoms with E-state index < -0.39 is 0 Å². The van der Waals surface area contributed by atoms with Crippen molar-refractivity contribution in [2.24, 2.45) is 0 Å². The van der Waals surface area contributed by atoms with Gasteiger partial charge in [0.2, 0.25) is 0 Å². The van der Waals surface area contributed by atoms with Gasteiger partial charge in [0, 0.05) is 18.8 Å². The fourth-order valence-corrected chi connectivity index (χ4v) is 1.67. The van der Waals surface area contributed by atoms with Gasteiger partial charge in [0.05, 0.1) is 5.69 Å². The number of fused-ring (bicyclic) bond motifs is 1. The zero-order valence-electron chi connectivity index (χ0n) is 7.62. The van der Waals surface area contributed by atoms with Gasteiger partial charge in [-0.1, -0.05) is 6.07 Å². The van der Waals surface area contributed by atoms with Crippen molar-refractivity contribution >= 4 is 0 Å². The number of hydrogen-bond donors (Lipinski definition) is 0. The maximum absolute atomic E-state index is 4.36. The van der Waals surface area contributed by atoms with Crippen LogP contribution in [0.1, 0.15) is 18.2 Å². The van der Waals surface area contributed by atoms with Gasteiger partial charge in [-0.15, -0.1) is 0 Å². The summed E-state index contributed by atoms with van der Waals surface area (Å²) < 4.78 is 0. The average molecular weight is 162 g/mol. The van der Waals surface area contributed by atoms with Crippen LogP contribution in [0.25, 0.3) is 0 Å². The average Bonchev–Trinajstić information content (AvgIpc) is 2.07. The Kier molecular flexibility index (Phi) is 1.85. The topological polar surface area (TPSA) is 16.1 Å². The third kappa shape index (κ3) is 1.23. The molecule has 1 aliphatic heterocycles. The highest BCUT2D eigenvalue weighted by Crippen LogP contribution is 2.19. The van der Waals surface area contributed by atoms with Crippen LogP contribution in [0.2, 0.25) is 0 Å². The molecular formula is C10H14N2. The van der Waals surface area contributed by atoms with Crippen molar-refractivity contribution < 1.29 is 0 Å². The Morgan fingerprint density at radius 2 is 2.42 bits per heavy atom. The molecule has 1 unspecified atom stereocenters. The van der Waals surface area contributed by atoms with Crippen LogP contribution in [-0.2, 0) is 13.0 Å². The summed E-state index contributed by atoms with van der Waals surface area (Å²) in [5, 5.41) is 0. The number of pyridine rings is 1. The lowest BCUT2D eigenvalue weighted by atomic mass is 10.00. The molecule has 0 saturated carbocycles. The molecule has 0 aliphatic carbocycles. The van der Waals surface area contributed by atoms with E-state index >= 15 is 0 Å². The summed E-state index contributed by atoms with van der Waals surface area (Å²) in [6.45, 7) is 3.26. The standard InChI is InChI=1S/C10H14N2/c1-8-6-9-4-3-5-11-10(9)7-12(8)2/h3-5,8H,6-7H2,1-2H3. The molecule has 1 aromatic rings. The minimum Gasteiger partial charge on any atom is -0.298 e. The smallest absolute Gasteiger partial charge is 0.0576 e. The summed E-state index contributed by atoms with van der Waals surface area (Å²) in [7, 11) is 2.16. The predicted octanol–water partition coefficient (Wildman–Crippen LogP) is 1.46. The van der Waals surface area contributed by atoms with Gasteiger partial charge in [-0.05, 0) is 32.0 Å². The highest BCUT2D eigenvalue weighted by atomic mass is 15.1. The second-order valence-corrected chi connectivity index (χ2v) is 3.58. The van der Waals surface area contributed by atoms with Crippen LogP contribution >= 0.6 is 0 Å². The van der Waals surface area contributed by atoms with Crippen LogP contribution in [0, 0.1) is 0 Å². The molecule has 0 saturated heterocycles. The molecule has 0 radical (unpaired) electrons. The van der Waals surface area contributed by atoms with E-state index in [-0.39, 0.29) is 0 Å². The molecule has 0 spiro atoms. The molecule has 0 aromatic carbocycles. The number of nitrogens with zero attached hydrogens (tertiary/aromatic N) is 2. The molecule has 64 valence electrons. The summed E-state index contributed by atoms with van der Waals surface area (Å²) in [5.41, 5.74) is 2.67. The van der Waals surface area contributed by atoms with Gasteiger partial charge in [0.25, 0.3) is 0 Å². The third-order valence-electron chi connectivity index (χ3n) is 2.65. The van der Waals surface area contributed by atoms with Crippen LogP contribution in [0.5, 0.6) is 0 Å². The monoisotopic (exact) mass is 162 g/mol. The Morgan fingerprint density at radius 1 is 1.58 bits per heavy atom. The highest BCUT2D eigenvalue weighted by molar-refractivity contribution is 5.23. The first-order valence-corrected chi connectivity index (χ1v) is 4.40. The van der Waals surface area contributed by atoms with Gasteiger partial charge in [-0.3, -0.25) is 9.88 Å². The normalized spacial score (nSPS) is 23.7.